The van der Waals surface area contributed by atoms with E-state index in [1.54, 1.807) is 11.3 Å². The van der Waals surface area contributed by atoms with Crippen molar-refractivity contribution in [3.8, 4) is 0 Å². The van der Waals surface area contributed by atoms with Crippen LogP contribution in [0.25, 0.3) is 0 Å². The second kappa shape index (κ2) is 6.56. The minimum Gasteiger partial charge on any atom is -0.329 e. The molecule has 0 aliphatic heterocycles. The Hall–Kier alpha value is -0.110. The van der Waals surface area contributed by atoms with Crippen LogP contribution in [0.5, 0.6) is 0 Å². The summed E-state index contributed by atoms with van der Waals surface area (Å²) in [5.74, 6) is -1.23. The minimum absolute atomic E-state index is 0.107. The first-order valence-electron chi connectivity index (χ1n) is 6.98. The van der Waals surface area contributed by atoms with Crippen LogP contribution in [0.1, 0.15) is 30.6 Å². The third kappa shape index (κ3) is 4.00. The number of nitrogens with two attached hydrogens (primary N) is 1. The molecule has 120 valence electrons. The summed E-state index contributed by atoms with van der Waals surface area (Å²) in [5, 5.41) is 1.98. The molecule has 1 aliphatic carbocycles. The van der Waals surface area contributed by atoms with Crippen LogP contribution in [0, 0.1) is 5.92 Å². The standard InChI is InChI=1S/C14H20BrF3N2S/c1-20(7-12-5-11(15)8-21-12)13(9-19)4-2-3-10(6-13)14(16,17)18/h5,8,10H,2-4,6-7,9,19H2,1H3. The van der Waals surface area contributed by atoms with Gasteiger partial charge in [-0.05, 0) is 48.3 Å². The van der Waals surface area contributed by atoms with Crippen molar-refractivity contribution >= 4 is 27.3 Å². The van der Waals surface area contributed by atoms with Crippen LogP contribution in [0.15, 0.2) is 15.9 Å². The van der Waals surface area contributed by atoms with Crippen LogP contribution in [-0.2, 0) is 6.54 Å². The summed E-state index contributed by atoms with van der Waals surface area (Å²) in [6, 6.07) is 2.01. The number of likely N-dealkylation sites (N-methyl/N-ethyl adjacent to an activating group) is 1. The van der Waals surface area contributed by atoms with E-state index in [1.165, 1.54) is 0 Å². The molecule has 1 aromatic heterocycles. The second-order valence-electron chi connectivity index (χ2n) is 5.85. The van der Waals surface area contributed by atoms with Gasteiger partial charge in [0.2, 0.25) is 0 Å². The fourth-order valence-electron chi connectivity index (χ4n) is 3.15. The Kier molecular flexibility index (Phi) is 5.39. The number of rotatable bonds is 4. The van der Waals surface area contributed by atoms with Gasteiger partial charge in [0.1, 0.15) is 0 Å². The zero-order valence-electron chi connectivity index (χ0n) is 11.9. The zero-order chi connectivity index (χ0) is 15.7. The Bertz CT molecular complexity index is 477. The normalized spacial score (nSPS) is 27.3. The second-order valence-corrected chi connectivity index (χ2v) is 7.76. The molecule has 2 N–H and O–H groups in total. The summed E-state index contributed by atoms with van der Waals surface area (Å²) >= 11 is 5.01. The summed E-state index contributed by atoms with van der Waals surface area (Å²) in [5.41, 5.74) is 5.34. The van der Waals surface area contributed by atoms with Gasteiger partial charge >= 0.3 is 6.18 Å². The highest BCUT2D eigenvalue weighted by atomic mass is 79.9. The molecule has 0 aromatic carbocycles. The van der Waals surface area contributed by atoms with Crippen molar-refractivity contribution in [2.45, 2.75) is 43.9 Å². The van der Waals surface area contributed by atoms with E-state index in [0.29, 0.717) is 13.0 Å². The van der Waals surface area contributed by atoms with Crippen molar-refractivity contribution in [1.82, 2.24) is 4.90 Å². The smallest absolute Gasteiger partial charge is 0.329 e. The molecule has 0 spiro atoms. The molecule has 1 fully saturated rings. The first kappa shape index (κ1) is 17.2. The van der Waals surface area contributed by atoms with Gasteiger partial charge < -0.3 is 5.73 Å². The minimum atomic E-state index is -4.12. The van der Waals surface area contributed by atoms with Crippen LogP contribution in [0.2, 0.25) is 0 Å². The molecule has 0 radical (unpaired) electrons. The fraction of sp³-hybridized carbons (Fsp3) is 0.714. The van der Waals surface area contributed by atoms with E-state index in [2.05, 4.69) is 15.9 Å². The van der Waals surface area contributed by atoms with Gasteiger partial charge in [0, 0.05) is 33.4 Å². The van der Waals surface area contributed by atoms with Gasteiger partial charge in [0.25, 0.3) is 0 Å². The predicted molar refractivity (Wildman–Crippen MR) is 83.3 cm³/mol. The van der Waals surface area contributed by atoms with Gasteiger partial charge in [0.05, 0.1) is 5.92 Å². The highest BCUT2D eigenvalue weighted by molar-refractivity contribution is 9.10. The highest BCUT2D eigenvalue weighted by Gasteiger charge is 2.48. The lowest BCUT2D eigenvalue weighted by atomic mass is 9.74. The quantitative estimate of drug-likeness (QED) is 0.833. The van der Waals surface area contributed by atoms with Gasteiger partial charge in [-0.25, -0.2) is 0 Å². The average molecular weight is 385 g/mol. The lowest BCUT2D eigenvalue weighted by Gasteiger charge is -2.46. The Labute approximate surface area is 135 Å². The molecule has 0 saturated heterocycles. The first-order valence-corrected chi connectivity index (χ1v) is 8.65. The largest absolute Gasteiger partial charge is 0.391 e. The third-order valence-corrected chi connectivity index (χ3v) is 6.17. The molecule has 1 heterocycles. The lowest BCUT2D eigenvalue weighted by molar-refractivity contribution is -0.193. The maximum Gasteiger partial charge on any atom is 0.391 e. The van der Waals surface area contributed by atoms with Crippen LogP contribution >= 0.6 is 27.3 Å². The molecule has 2 rings (SSSR count). The summed E-state index contributed by atoms with van der Waals surface area (Å²) in [6.45, 7) is 0.903. The molecular formula is C14H20BrF3N2S. The number of alkyl halides is 3. The number of hydrogen-bond donors (Lipinski definition) is 1. The molecule has 0 bridgehead atoms. The monoisotopic (exact) mass is 384 g/mol. The SMILES string of the molecule is CN(Cc1cc(Br)cs1)C1(CN)CCCC(C(F)(F)F)C1. The molecule has 1 saturated carbocycles. The summed E-state index contributed by atoms with van der Waals surface area (Å²) in [7, 11) is 1.89. The molecule has 2 nitrogen and oxygen atoms in total. The molecule has 1 aliphatic rings. The molecule has 7 heteroatoms. The maximum atomic E-state index is 13.1. The number of hydrogen-bond acceptors (Lipinski definition) is 3. The molecule has 0 amide bonds. The van der Waals surface area contributed by atoms with Gasteiger partial charge in [-0.2, -0.15) is 13.2 Å². The molecule has 2 unspecified atom stereocenters. The number of thiophene rings is 1. The first-order chi connectivity index (χ1) is 9.77. The zero-order valence-corrected chi connectivity index (χ0v) is 14.3. The van der Waals surface area contributed by atoms with E-state index in [4.69, 9.17) is 5.73 Å². The van der Waals surface area contributed by atoms with Crippen LogP contribution in [-0.4, -0.2) is 30.2 Å². The van der Waals surface area contributed by atoms with E-state index in [9.17, 15) is 13.2 Å². The van der Waals surface area contributed by atoms with E-state index >= 15 is 0 Å². The van der Waals surface area contributed by atoms with E-state index in [-0.39, 0.29) is 19.4 Å². The Morgan fingerprint density at radius 3 is 2.76 bits per heavy atom. The van der Waals surface area contributed by atoms with Crippen LogP contribution in [0.4, 0.5) is 13.2 Å². The average Bonchev–Trinajstić information content (AvgIpc) is 2.83. The predicted octanol–water partition coefficient (Wildman–Crippen LogP) is 4.39. The van der Waals surface area contributed by atoms with Crippen molar-refractivity contribution in [1.29, 1.82) is 0 Å². The van der Waals surface area contributed by atoms with Gasteiger partial charge in [-0.3, -0.25) is 4.90 Å². The molecule has 21 heavy (non-hydrogen) atoms. The van der Waals surface area contributed by atoms with Crippen LogP contribution < -0.4 is 5.73 Å². The molecule has 1 aromatic rings. The Morgan fingerprint density at radius 1 is 1.52 bits per heavy atom. The van der Waals surface area contributed by atoms with E-state index < -0.39 is 17.6 Å². The van der Waals surface area contributed by atoms with Crippen molar-refractivity contribution in [3.63, 3.8) is 0 Å². The summed E-state index contributed by atoms with van der Waals surface area (Å²) < 4.78 is 40.2. The maximum absolute atomic E-state index is 13.1. The van der Waals surface area contributed by atoms with Gasteiger partial charge in [-0.15, -0.1) is 11.3 Å². The molecule has 2 atom stereocenters. The number of halogens is 4. The van der Waals surface area contributed by atoms with E-state index in [1.807, 2.05) is 23.4 Å². The molecular weight excluding hydrogens is 365 g/mol. The van der Waals surface area contributed by atoms with Crippen LogP contribution in [0.3, 0.4) is 0 Å². The van der Waals surface area contributed by atoms with Crippen molar-refractivity contribution < 1.29 is 13.2 Å². The topological polar surface area (TPSA) is 29.3 Å². The highest BCUT2D eigenvalue weighted by Crippen LogP contribution is 2.44. The third-order valence-electron chi connectivity index (χ3n) is 4.49. The van der Waals surface area contributed by atoms with Gasteiger partial charge in [-0.1, -0.05) is 6.42 Å². The lowest BCUT2D eigenvalue weighted by Crippen LogP contribution is -2.55. The Morgan fingerprint density at radius 2 is 2.24 bits per heavy atom. The summed E-state index contributed by atoms with van der Waals surface area (Å²) in [4.78, 5) is 3.15. The number of nitrogens with zero attached hydrogens (tertiary/aromatic N) is 1. The van der Waals surface area contributed by atoms with Crippen molar-refractivity contribution in [2.24, 2.45) is 11.7 Å². The summed E-state index contributed by atoms with van der Waals surface area (Å²) in [6.07, 6.45) is -2.47. The van der Waals surface area contributed by atoms with Gasteiger partial charge in [0.15, 0.2) is 0 Å². The van der Waals surface area contributed by atoms with E-state index in [0.717, 1.165) is 15.8 Å². The Balaban J connectivity index is 2.12. The van der Waals surface area contributed by atoms with Crippen molar-refractivity contribution in [2.75, 3.05) is 13.6 Å². The fourth-order valence-corrected chi connectivity index (χ4v) is 4.65. The van der Waals surface area contributed by atoms with Crippen molar-refractivity contribution in [3.05, 3.63) is 20.8 Å².